The number of carbonyl (C=O) groups excluding carboxylic acids is 1. The molecule has 0 fully saturated rings. The third-order valence-electron chi connectivity index (χ3n) is 2.11. The number of hydrogen-bond acceptors (Lipinski definition) is 4. The summed E-state index contributed by atoms with van der Waals surface area (Å²) in [5.41, 5.74) is -2.02. The van der Waals surface area contributed by atoms with E-state index in [1.165, 1.54) is 0 Å². The molecule has 0 aliphatic carbocycles. The SMILES string of the molecule is O=C(Nc1ncns1)c1cc(F)ccc1C(F)(F)F. The van der Waals surface area contributed by atoms with Crippen LogP contribution in [-0.2, 0) is 6.18 Å². The highest BCUT2D eigenvalue weighted by Crippen LogP contribution is 2.32. The molecule has 19 heavy (non-hydrogen) atoms. The Balaban J connectivity index is 2.37. The van der Waals surface area contributed by atoms with Crippen molar-refractivity contribution >= 4 is 22.6 Å². The van der Waals surface area contributed by atoms with E-state index in [-0.39, 0.29) is 5.13 Å². The molecule has 2 rings (SSSR count). The van der Waals surface area contributed by atoms with Crippen molar-refractivity contribution in [3.8, 4) is 0 Å². The first-order chi connectivity index (χ1) is 8.88. The first-order valence-corrected chi connectivity index (χ1v) is 5.60. The van der Waals surface area contributed by atoms with Crippen molar-refractivity contribution in [3.63, 3.8) is 0 Å². The lowest BCUT2D eigenvalue weighted by atomic mass is 10.1. The number of amides is 1. The molecule has 0 saturated carbocycles. The average Bonchev–Trinajstić information content (AvgIpc) is 2.80. The highest BCUT2D eigenvalue weighted by Gasteiger charge is 2.35. The van der Waals surface area contributed by atoms with Gasteiger partial charge >= 0.3 is 6.18 Å². The van der Waals surface area contributed by atoms with Gasteiger partial charge in [0, 0.05) is 11.5 Å². The molecule has 0 spiro atoms. The molecule has 1 aromatic carbocycles. The number of hydrogen-bond donors (Lipinski definition) is 1. The van der Waals surface area contributed by atoms with Crippen molar-refractivity contribution in [2.75, 3.05) is 5.32 Å². The van der Waals surface area contributed by atoms with Gasteiger partial charge in [0.1, 0.15) is 12.1 Å². The number of halogens is 4. The normalized spacial score (nSPS) is 11.4. The van der Waals surface area contributed by atoms with Crippen LogP contribution < -0.4 is 5.32 Å². The van der Waals surface area contributed by atoms with Gasteiger partial charge in [0.25, 0.3) is 5.91 Å². The third kappa shape index (κ3) is 3.05. The molecule has 1 heterocycles. The van der Waals surface area contributed by atoms with Crippen molar-refractivity contribution in [1.82, 2.24) is 9.36 Å². The maximum absolute atomic E-state index is 13.0. The number of carbonyl (C=O) groups is 1. The minimum absolute atomic E-state index is 0.0300. The van der Waals surface area contributed by atoms with Crippen molar-refractivity contribution in [2.24, 2.45) is 0 Å². The number of alkyl halides is 3. The monoisotopic (exact) mass is 291 g/mol. The summed E-state index contributed by atoms with van der Waals surface area (Å²) in [6, 6.07) is 1.69. The Morgan fingerprint density at radius 3 is 2.63 bits per heavy atom. The number of anilines is 1. The summed E-state index contributed by atoms with van der Waals surface area (Å²) in [5, 5.41) is 2.15. The first kappa shape index (κ1) is 13.4. The zero-order valence-corrected chi connectivity index (χ0v) is 9.85. The van der Waals surface area contributed by atoms with E-state index in [0.717, 1.165) is 17.9 Å². The Labute approximate surface area is 108 Å². The van der Waals surface area contributed by atoms with Crippen LogP contribution in [0.25, 0.3) is 0 Å². The van der Waals surface area contributed by atoms with Gasteiger partial charge < -0.3 is 0 Å². The molecule has 9 heteroatoms. The van der Waals surface area contributed by atoms with Gasteiger partial charge in [0.05, 0.1) is 11.1 Å². The van der Waals surface area contributed by atoms with Crippen LogP contribution in [0.1, 0.15) is 15.9 Å². The predicted octanol–water partition coefficient (Wildman–Crippen LogP) is 2.95. The van der Waals surface area contributed by atoms with Crippen LogP contribution in [-0.4, -0.2) is 15.3 Å². The number of rotatable bonds is 2. The number of nitrogens with zero attached hydrogens (tertiary/aromatic N) is 2. The fourth-order valence-corrected chi connectivity index (χ4v) is 1.77. The summed E-state index contributed by atoms with van der Waals surface area (Å²) in [6.45, 7) is 0. The second-order valence-electron chi connectivity index (χ2n) is 3.39. The largest absolute Gasteiger partial charge is 0.417 e. The van der Waals surface area contributed by atoms with Gasteiger partial charge in [-0.15, -0.1) is 0 Å². The molecule has 0 radical (unpaired) electrons. The summed E-state index contributed by atoms with van der Waals surface area (Å²) in [4.78, 5) is 15.3. The molecule has 4 nitrogen and oxygen atoms in total. The summed E-state index contributed by atoms with van der Waals surface area (Å²) >= 11 is 0.795. The van der Waals surface area contributed by atoms with Crippen LogP contribution >= 0.6 is 11.5 Å². The van der Waals surface area contributed by atoms with E-state index in [1.54, 1.807) is 0 Å². The minimum atomic E-state index is -4.75. The quantitative estimate of drug-likeness (QED) is 0.865. The Morgan fingerprint density at radius 1 is 1.32 bits per heavy atom. The molecule has 0 aliphatic rings. The summed E-state index contributed by atoms with van der Waals surface area (Å²) in [7, 11) is 0. The summed E-state index contributed by atoms with van der Waals surface area (Å²) in [5.74, 6) is -2.03. The van der Waals surface area contributed by atoms with Gasteiger partial charge in [-0.3, -0.25) is 10.1 Å². The van der Waals surface area contributed by atoms with E-state index >= 15 is 0 Å². The lowest BCUT2D eigenvalue weighted by Gasteiger charge is -2.11. The van der Waals surface area contributed by atoms with Gasteiger partial charge in [-0.2, -0.15) is 17.5 Å². The Kier molecular flexibility index (Phi) is 3.47. The van der Waals surface area contributed by atoms with E-state index < -0.39 is 29.0 Å². The smallest absolute Gasteiger partial charge is 0.297 e. The zero-order valence-electron chi connectivity index (χ0n) is 9.03. The standard InChI is InChI=1S/C10H5F4N3OS/c11-5-1-2-7(10(12,13)14)6(3-5)8(18)17-9-15-4-16-19-9/h1-4H,(H,15,16,17,18). The maximum atomic E-state index is 13.0. The van der Waals surface area contributed by atoms with E-state index in [2.05, 4.69) is 14.7 Å². The van der Waals surface area contributed by atoms with E-state index in [4.69, 9.17) is 0 Å². The molecule has 1 N–H and O–H groups in total. The molecule has 0 aliphatic heterocycles. The first-order valence-electron chi connectivity index (χ1n) is 4.82. The lowest BCUT2D eigenvalue weighted by molar-refractivity contribution is -0.137. The van der Waals surface area contributed by atoms with Gasteiger partial charge in [-0.25, -0.2) is 9.37 Å². The maximum Gasteiger partial charge on any atom is 0.417 e. The Hall–Kier alpha value is -2.03. The van der Waals surface area contributed by atoms with Crippen LogP contribution in [0.15, 0.2) is 24.5 Å². The Bertz CT molecular complexity index is 597. The molecule has 0 saturated heterocycles. The lowest BCUT2D eigenvalue weighted by Crippen LogP contribution is -2.19. The van der Waals surface area contributed by atoms with E-state index in [1.807, 2.05) is 0 Å². The number of benzene rings is 1. The molecule has 1 aromatic heterocycles. The van der Waals surface area contributed by atoms with E-state index in [9.17, 15) is 22.4 Å². The summed E-state index contributed by atoms with van der Waals surface area (Å²) < 4.78 is 54.7. The molecule has 2 aromatic rings. The van der Waals surface area contributed by atoms with Crippen LogP contribution in [0.5, 0.6) is 0 Å². The topological polar surface area (TPSA) is 54.9 Å². The van der Waals surface area contributed by atoms with E-state index in [0.29, 0.717) is 18.2 Å². The third-order valence-corrected chi connectivity index (χ3v) is 2.69. The van der Waals surface area contributed by atoms with Crippen LogP contribution in [0.3, 0.4) is 0 Å². The molecule has 0 unspecified atom stereocenters. The predicted molar refractivity (Wildman–Crippen MR) is 59.3 cm³/mol. The molecule has 100 valence electrons. The average molecular weight is 291 g/mol. The summed E-state index contributed by atoms with van der Waals surface area (Å²) in [6.07, 6.45) is -3.61. The fourth-order valence-electron chi connectivity index (χ4n) is 1.34. The number of aromatic nitrogens is 2. The van der Waals surface area contributed by atoms with Crippen LogP contribution in [0.4, 0.5) is 22.7 Å². The van der Waals surface area contributed by atoms with Crippen molar-refractivity contribution in [1.29, 1.82) is 0 Å². The van der Waals surface area contributed by atoms with Gasteiger partial charge in [-0.1, -0.05) is 0 Å². The number of nitrogens with one attached hydrogen (secondary N) is 1. The molecule has 1 amide bonds. The molecular weight excluding hydrogens is 286 g/mol. The van der Waals surface area contributed by atoms with Crippen molar-refractivity contribution in [2.45, 2.75) is 6.18 Å². The van der Waals surface area contributed by atoms with Gasteiger partial charge in [-0.05, 0) is 18.2 Å². The second kappa shape index (κ2) is 4.92. The minimum Gasteiger partial charge on any atom is -0.297 e. The zero-order chi connectivity index (χ0) is 14.0. The highest BCUT2D eigenvalue weighted by molar-refractivity contribution is 7.09. The van der Waals surface area contributed by atoms with Crippen molar-refractivity contribution < 1.29 is 22.4 Å². The highest BCUT2D eigenvalue weighted by atomic mass is 32.1. The second-order valence-corrected chi connectivity index (χ2v) is 4.17. The van der Waals surface area contributed by atoms with Gasteiger partial charge in [0.15, 0.2) is 0 Å². The fraction of sp³-hybridized carbons (Fsp3) is 0.100. The van der Waals surface area contributed by atoms with Gasteiger partial charge in [0.2, 0.25) is 5.13 Å². The molecule has 0 atom stereocenters. The van der Waals surface area contributed by atoms with Crippen molar-refractivity contribution in [3.05, 3.63) is 41.5 Å². The molecular formula is C10H5F4N3OS. The van der Waals surface area contributed by atoms with Crippen LogP contribution in [0, 0.1) is 5.82 Å². The van der Waals surface area contributed by atoms with Crippen LogP contribution in [0.2, 0.25) is 0 Å². The molecule has 0 bridgehead atoms. The Morgan fingerprint density at radius 2 is 2.05 bits per heavy atom.